The molecule has 1 aliphatic heterocycles. The van der Waals surface area contributed by atoms with Crippen LogP contribution in [0.5, 0.6) is 0 Å². The maximum absolute atomic E-state index is 6.12. The van der Waals surface area contributed by atoms with Gasteiger partial charge in [0.05, 0.1) is 0 Å². The minimum atomic E-state index is 0.418. The van der Waals surface area contributed by atoms with Crippen molar-refractivity contribution in [2.75, 3.05) is 26.2 Å². The van der Waals surface area contributed by atoms with E-state index in [4.69, 9.17) is 11.6 Å². The van der Waals surface area contributed by atoms with Crippen molar-refractivity contribution in [2.45, 2.75) is 45.1 Å². The molecule has 2 nitrogen and oxygen atoms in total. The van der Waals surface area contributed by atoms with Crippen LogP contribution in [0.2, 0.25) is 5.02 Å². The zero-order chi connectivity index (χ0) is 14.2. The standard InChI is InChI=1S/C17H27ClN2/c1-2-19-17(15-8-7-9-16(18)14-15)10-13-20-11-5-3-4-6-12-20/h7-9,14,17,19H,2-6,10-13H2,1H3. The molecule has 20 heavy (non-hydrogen) atoms. The van der Waals surface area contributed by atoms with Gasteiger partial charge in [0.1, 0.15) is 0 Å². The Morgan fingerprint density at radius 2 is 1.95 bits per heavy atom. The van der Waals surface area contributed by atoms with Crippen LogP contribution < -0.4 is 5.32 Å². The van der Waals surface area contributed by atoms with Crippen molar-refractivity contribution in [1.29, 1.82) is 0 Å². The van der Waals surface area contributed by atoms with Gasteiger partial charge in [0.25, 0.3) is 0 Å². The molecular formula is C17H27ClN2. The van der Waals surface area contributed by atoms with Gasteiger partial charge in [-0.15, -0.1) is 0 Å². The van der Waals surface area contributed by atoms with Crippen molar-refractivity contribution in [2.24, 2.45) is 0 Å². The van der Waals surface area contributed by atoms with E-state index in [0.29, 0.717) is 6.04 Å². The van der Waals surface area contributed by atoms with E-state index in [1.165, 1.54) is 50.9 Å². The highest BCUT2D eigenvalue weighted by molar-refractivity contribution is 6.30. The monoisotopic (exact) mass is 294 g/mol. The van der Waals surface area contributed by atoms with Gasteiger partial charge in [0, 0.05) is 11.1 Å². The Labute approximate surface area is 128 Å². The molecular weight excluding hydrogens is 268 g/mol. The molecule has 1 saturated heterocycles. The number of benzene rings is 1. The average molecular weight is 295 g/mol. The van der Waals surface area contributed by atoms with E-state index in [1.807, 2.05) is 12.1 Å². The Morgan fingerprint density at radius 3 is 2.60 bits per heavy atom. The maximum atomic E-state index is 6.12. The van der Waals surface area contributed by atoms with Crippen molar-refractivity contribution in [3.63, 3.8) is 0 Å². The third kappa shape index (κ3) is 5.08. The molecule has 0 aromatic heterocycles. The quantitative estimate of drug-likeness (QED) is 0.843. The van der Waals surface area contributed by atoms with Crippen LogP contribution in [0, 0.1) is 0 Å². The molecule has 2 rings (SSSR count). The lowest BCUT2D eigenvalue weighted by atomic mass is 10.0. The Morgan fingerprint density at radius 1 is 1.20 bits per heavy atom. The second kappa shape index (κ2) is 8.66. The predicted molar refractivity (Wildman–Crippen MR) is 87.4 cm³/mol. The summed E-state index contributed by atoms with van der Waals surface area (Å²) in [7, 11) is 0. The second-order valence-electron chi connectivity index (χ2n) is 5.71. The fourth-order valence-corrected chi connectivity index (χ4v) is 3.23. The lowest BCUT2D eigenvalue weighted by Crippen LogP contribution is -2.30. The molecule has 1 N–H and O–H groups in total. The summed E-state index contributed by atoms with van der Waals surface area (Å²) >= 11 is 6.12. The van der Waals surface area contributed by atoms with Crippen LogP contribution in [0.25, 0.3) is 0 Å². The fourth-order valence-electron chi connectivity index (χ4n) is 3.03. The van der Waals surface area contributed by atoms with E-state index in [9.17, 15) is 0 Å². The van der Waals surface area contributed by atoms with Gasteiger partial charge >= 0.3 is 0 Å². The Bertz CT molecular complexity index is 386. The van der Waals surface area contributed by atoms with Crippen LogP contribution in [-0.2, 0) is 0 Å². The molecule has 1 aliphatic rings. The molecule has 0 spiro atoms. The van der Waals surface area contributed by atoms with Gasteiger partial charge in [-0.2, -0.15) is 0 Å². The number of hydrogen-bond acceptors (Lipinski definition) is 2. The first kappa shape index (κ1) is 15.8. The first-order valence-electron chi connectivity index (χ1n) is 8.01. The minimum absolute atomic E-state index is 0.418. The molecule has 0 aliphatic carbocycles. The van der Waals surface area contributed by atoms with E-state index in [2.05, 4.69) is 29.3 Å². The van der Waals surface area contributed by atoms with Gasteiger partial charge in [-0.25, -0.2) is 0 Å². The Balaban J connectivity index is 1.91. The van der Waals surface area contributed by atoms with Crippen molar-refractivity contribution in [3.05, 3.63) is 34.9 Å². The molecule has 1 heterocycles. The van der Waals surface area contributed by atoms with Gasteiger partial charge in [0.15, 0.2) is 0 Å². The van der Waals surface area contributed by atoms with Crippen molar-refractivity contribution >= 4 is 11.6 Å². The molecule has 1 fully saturated rings. The first-order valence-corrected chi connectivity index (χ1v) is 8.38. The zero-order valence-electron chi connectivity index (χ0n) is 12.6. The van der Waals surface area contributed by atoms with E-state index in [-0.39, 0.29) is 0 Å². The second-order valence-corrected chi connectivity index (χ2v) is 6.15. The van der Waals surface area contributed by atoms with E-state index >= 15 is 0 Å². The summed E-state index contributed by atoms with van der Waals surface area (Å²) in [5.74, 6) is 0. The fraction of sp³-hybridized carbons (Fsp3) is 0.647. The third-order valence-corrected chi connectivity index (χ3v) is 4.37. The molecule has 1 aromatic rings. The molecule has 0 saturated carbocycles. The third-order valence-electron chi connectivity index (χ3n) is 4.13. The van der Waals surface area contributed by atoms with E-state index < -0.39 is 0 Å². The molecule has 1 unspecified atom stereocenters. The highest BCUT2D eigenvalue weighted by atomic mass is 35.5. The first-order chi connectivity index (χ1) is 9.79. The lowest BCUT2D eigenvalue weighted by Gasteiger charge is -2.24. The van der Waals surface area contributed by atoms with Crippen LogP contribution in [-0.4, -0.2) is 31.1 Å². The summed E-state index contributed by atoms with van der Waals surface area (Å²) in [5, 5.41) is 4.43. The molecule has 0 bridgehead atoms. The number of rotatable bonds is 6. The van der Waals surface area contributed by atoms with Crippen molar-refractivity contribution in [3.8, 4) is 0 Å². The van der Waals surface area contributed by atoms with Crippen LogP contribution in [0.15, 0.2) is 24.3 Å². The Kier molecular flexibility index (Phi) is 6.85. The molecule has 1 atom stereocenters. The smallest absolute Gasteiger partial charge is 0.0409 e. The van der Waals surface area contributed by atoms with Gasteiger partial charge in [0.2, 0.25) is 0 Å². The van der Waals surface area contributed by atoms with Gasteiger partial charge < -0.3 is 10.2 Å². The molecule has 112 valence electrons. The van der Waals surface area contributed by atoms with Gasteiger partial charge in [-0.05, 0) is 63.1 Å². The number of nitrogens with one attached hydrogen (secondary N) is 1. The Hall–Kier alpha value is -0.570. The zero-order valence-corrected chi connectivity index (χ0v) is 13.3. The minimum Gasteiger partial charge on any atom is -0.310 e. The topological polar surface area (TPSA) is 15.3 Å². The van der Waals surface area contributed by atoms with Crippen LogP contribution in [0.4, 0.5) is 0 Å². The summed E-state index contributed by atoms with van der Waals surface area (Å²) in [4.78, 5) is 2.63. The number of nitrogens with zero attached hydrogens (tertiary/aromatic N) is 1. The average Bonchev–Trinajstić information content (AvgIpc) is 2.72. The molecule has 1 aromatic carbocycles. The van der Waals surface area contributed by atoms with E-state index in [0.717, 1.165) is 18.0 Å². The summed E-state index contributed by atoms with van der Waals surface area (Å²) in [6.07, 6.45) is 6.70. The summed E-state index contributed by atoms with van der Waals surface area (Å²) in [6.45, 7) is 6.90. The highest BCUT2D eigenvalue weighted by Gasteiger charge is 2.14. The van der Waals surface area contributed by atoms with Crippen LogP contribution in [0.3, 0.4) is 0 Å². The molecule has 0 radical (unpaired) electrons. The number of hydrogen-bond donors (Lipinski definition) is 1. The summed E-state index contributed by atoms with van der Waals surface area (Å²) < 4.78 is 0. The van der Waals surface area contributed by atoms with Crippen LogP contribution in [0.1, 0.15) is 50.6 Å². The van der Waals surface area contributed by atoms with Gasteiger partial charge in [-0.3, -0.25) is 0 Å². The number of halogens is 1. The summed E-state index contributed by atoms with van der Waals surface area (Å²) in [5.41, 5.74) is 1.31. The SMILES string of the molecule is CCNC(CCN1CCCCCC1)c1cccc(Cl)c1. The molecule has 3 heteroatoms. The largest absolute Gasteiger partial charge is 0.310 e. The van der Waals surface area contributed by atoms with Crippen molar-refractivity contribution in [1.82, 2.24) is 10.2 Å². The normalized spacial score (nSPS) is 18.7. The van der Waals surface area contributed by atoms with E-state index in [1.54, 1.807) is 0 Å². The highest BCUT2D eigenvalue weighted by Crippen LogP contribution is 2.21. The summed E-state index contributed by atoms with van der Waals surface area (Å²) in [6, 6.07) is 8.69. The van der Waals surface area contributed by atoms with Gasteiger partial charge in [-0.1, -0.05) is 43.5 Å². The predicted octanol–water partition coefficient (Wildman–Crippen LogP) is 4.26. The van der Waals surface area contributed by atoms with Crippen molar-refractivity contribution < 1.29 is 0 Å². The number of likely N-dealkylation sites (tertiary alicyclic amines) is 1. The lowest BCUT2D eigenvalue weighted by molar-refractivity contribution is 0.266. The molecule has 0 amide bonds. The maximum Gasteiger partial charge on any atom is 0.0409 e. The van der Waals surface area contributed by atoms with Crippen LogP contribution >= 0.6 is 11.6 Å².